The fourth-order valence-electron chi connectivity index (χ4n) is 1.61. The van der Waals surface area contributed by atoms with Crippen LogP contribution in [0.1, 0.15) is 0 Å². The largest absolute Gasteiger partial charge is 0.370 e. The molecule has 0 unspecified atom stereocenters. The maximum absolute atomic E-state index is 11.6. The molecule has 0 aromatic heterocycles. The van der Waals surface area contributed by atoms with E-state index in [1.165, 1.54) is 6.08 Å². The van der Waals surface area contributed by atoms with Gasteiger partial charge in [-0.05, 0) is 12.1 Å². The van der Waals surface area contributed by atoms with E-state index in [9.17, 15) is 9.59 Å². The number of isocyanates is 1. The van der Waals surface area contributed by atoms with Crippen LogP contribution in [0.2, 0.25) is 0 Å². The Hall–Kier alpha value is -1.97. The van der Waals surface area contributed by atoms with E-state index in [4.69, 9.17) is 4.74 Å². The molecule has 16 heavy (non-hydrogen) atoms. The number of morpholine rings is 1. The second kappa shape index (κ2) is 4.70. The minimum atomic E-state index is -0.125. The Labute approximate surface area is 92.3 Å². The van der Waals surface area contributed by atoms with Gasteiger partial charge in [0.05, 0.1) is 18.0 Å². The minimum absolute atomic E-state index is 0.0686. The molecule has 1 fully saturated rings. The molecule has 5 nitrogen and oxygen atoms in total. The number of ether oxygens (including phenoxy) is 1. The van der Waals surface area contributed by atoms with Crippen LogP contribution in [0.15, 0.2) is 29.3 Å². The highest BCUT2D eigenvalue weighted by Gasteiger charge is 2.21. The first-order valence-corrected chi connectivity index (χ1v) is 4.88. The lowest BCUT2D eigenvalue weighted by atomic mass is 10.2. The van der Waals surface area contributed by atoms with E-state index < -0.39 is 0 Å². The lowest BCUT2D eigenvalue weighted by molar-refractivity contribution is -0.125. The maximum Gasteiger partial charge on any atom is 0.253 e. The Bertz CT molecular complexity index is 452. The van der Waals surface area contributed by atoms with Gasteiger partial charge in [-0.2, -0.15) is 4.99 Å². The molecule has 82 valence electrons. The molecule has 2 rings (SSSR count). The topological polar surface area (TPSA) is 59.0 Å². The Balaban J connectivity index is 2.38. The molecule has 0 radical (unpaired) electrons. The van der Waals surface area contributed by atoms with Crippen molar-refractivity contribution >= 4 is 23.4 Å². The number of para-hydroxylation sites is 2. The summed E-state index contributed by atoms with van der Waals surface area (Å²) in [5, 5.41) is 0. The number of carbonyl (C=O) groups is 1. The van der Waals surface area contributed by atoms with Crippen LogP contribution in [-0.2, 0) is 14.3 Å². The summed E-state index contributed by atoms with van der Waals surface area (Å²) < 4.78 is 5.03. The lowest BCUT2D eigenvalue weighted by Crippen LogP contribution is -2.41. The van der Waals surface area contributed by atoms with E-state index >= 15 is 0 Å². The molecule has 5 heteroatoms. The quantitative estimate of drug-likeness (QED) is 0.550. The van der Waals surface area contributed by atoms with Gasteiger partial charge in [0.2, 0.25) is 6.08 Å². The summed E-state index contributed by atoms with van der Waals surface area (Å²) in [6.07, 6.45) is 1.48. The first kappa shape index (κ1) is 10.5. The Morgan fingerprint density at radius 1 is 1.38 bits per heavy atom. The summed E-state index contributed by atoms with van der Waals surface area (Å²) in [5.41, 5.74) is 1.08. The molecule has 0 bridgehead atoms. The van der Waals surface area contributed by atoms with Crippen molar-refractivity contribution in [3.8, 4) is 0 Å². The van der Waals surface area contributed by atoms with Crippen LogP contribution in [-0.4, -0.2) is 31.7 Å². The van der Waals surface area contributed by atoms with Gasteiger partial charge in [0, 0.05) is 6.54 Å². The van der Waals surface area contributed by atoms with Crippen LogP contribution in [0.3, 0.4) is 0 Å². The molecule has 1 aliphatic rings. The summed E-state index contributed by atoms with van der Waals surface area (Å²) >= 11 is 0. The van der Waals surface area contributed by atoms with Gasteiger partial charge in [-0.15, -0.1) is 0 Å². The molecule has 1 aromatic rings. The molecule has 0 atom stereocenters. The van der Waals surface area contributed by atoms with Gasteiger partial charge < -0.3 is 9.64 Å². The van der Waals surface area contributed by atoms with E-state index in [0.717, 1.165) is 0 Å². The Morgan fingerprint density at radius 2 is 2.19 bits per heavy atom. The predicted octanol–water partition coefficient (Wildman–Crippen LogP) is 1.02. The van der Waals surface area contributed by atoms with Crippen LogP contribution in [0.5, 0.6) is 0 Å². The van der Waals surface area contributed by atoms with Crippen LogP contribution in [0, 0.1) is 0 Å². The molecule has 0 aliphatic carbocycles. The normalized spacial score (nSPS) is 15.8. The van der Waals surface area contributed by atoms with E-state index in [0.29, 0.717) is 24.5 Å². The third-order valence-electron chi connectivity index (χ3n) is 2.32. The van der Waals surface area contributed by atoms with E-state index in [-0.39, 0.29) is 12.5 Å². The molecule has 1 aliphatic heterocycles. The number of hydrogen-bond acceptors (Lipinski definition) is 4. The average molecular weight is 218 g/mol. The van der Waals surface area contributed by atoms with Crippen LogP contribution in [0.25, 0.3) is 0 Å². The fraction of sp³-hybridized carbons (Fsp3) is 0.273. The van der Waals surface area contributed by atoms with Gasteiger partial charge in [0.1, 0.15) is 6.61 Å². The van der Waals surface area contributed by atoms with Crippen molar-refractivity contribution in [3.05, 3.63) is 24.3 Å². The van der Waals surface area contributed by atoms with Crippen molar-refractivity contribution in [1.82, 2.24) is 0 Å². The number of amides is 1. The number of aliphatic imine (C=N–C) groups is 1. The number of carbonyl (C=O) groups excluding carboxylic acids is 2. The second-order valence-corrected chi connectivity index (χ2v) is 3.29. The van der Waals surface area contributed by atoms with Crippen LogP contribution >= 0.6 is 0 Å². The average Bonchev–Trinajstić information content (AvgIpc) is 2.31. The van der Waals surface area contributed by atoms with Gasteiger partial charge >= 0.3 is 0 Å². The minimum Gasteiger partial charge on any atom is -0.370 e. The third kappa shape index (κ3) is 2.00. The summed E-state index contributed by atoms with van der Waals surface area (Å²) in [6.45, 7) is 1.04. The number of anilines is 1. The standard InChI is InChI=1S/C11H10N2O3/c14-8-12-9-3-1-2-4-10(9)13-5-6-16-7-11(13)15/h1-4H,5-7H2. The van der Waals surface area contributed by atoms with Gasteiger partial charge in [-0.3, -0.25) is 4.79 Å². The first-order valence-electron chi connectivity index (χ1n) is 4.88. The van der Waals surface area contributed by atoms with Crippen molar-refractivity contribution in [1.29, 1.82) is 0 Å². The smallest absolute Gasteiger partial charge is 0.253 e. The number of hydrogen-bond donors (Lipinski definition) is 0. The molecule has 1 saturated heterocycles. The maximum atomic E-state index is 11.6. The van der Waals surface area contributed by atoms with Gasteiger partial charge in [-0.25, -0.2) is 4.79 Å². The number of nitrogens with zero attached hydrogens (tertiary/aromatic N) is 2. The molecular formula is C11H10N2O3. The zero-order valence-corrected chi connectivity index (χ0v) is 8.55. The summed E-state index contributed by atoms with van der Waals surface area (Å²) in [6, 6.07) is 6.97. The molecule has 0 spiro atoms. The highest BCUT2D eigenvalue weighted by atomic mass is 16.5. The van der Waals surface area contributed by atoms with Crippen molar-refractivity contribution < 1.29 is 14.3 Å². The lowest BCUT2D eigenvalue weighted by Gasteiger charge is -2.27. The molecule has 1 aromatic carbocycles. The summed E-state index contributed by atoms with van der Waals surface area (Å²) in [4.78, 5) is 27.0. The predicted molar refractivity (Wildman–Crippen MR) is 57.4 cm³/mol. The Kier molecular flexibility index (Phi) is 3.10. The monoisotopic (exact) mass is 218 g/mol. The van der Waals surface area contributed by atoms with Crippen molar-refractivity contribution in [2.45, 2.75) is 0 Å². The molecule has 0 saturated carbocycles. The van der Waals surface area contributed by atoms with Crippen molar-refractivity contribution in [2.24, 2.45) is 4.99 Å². The van der Waals surface area contributed by atoms with Gasteiger partial charge in [-0.1, -0.05) is 12.1 Å². The van der Waals surface area contributed by atoms with Gasteiger partial charge in [0.15, 0.2) is 0 Å². The highest BCUT2D eigenvalue weighted by molar-refractivity contribution is 5.97. The zero-order valence-electron chi connectivity index (χ0n) is 8.55. The van der Waals surface area contributed by atoms with E-state index in [1.807, 2.05) is 0 Å². The van der Waals surface area contributed by atoms with Crippen LogP contribution < -0.4 is 4.90 Å². The first-order chi connectivity index (χ1) is 7.83. The fourth-order valence-corrected chi connectivity index (χ4v) is 1.61. The number of rotatable bonds is 2. The van der Waals surface area contributed by atoms with Gasteiger partial charge in [0.25, 0.3) is 5.91 Å². The SMILES string of the molecule is O=C=Nc1ccccc1N1CCOCC1=O. The molecule has 1 heterocycles. The molecule has 0 N–H and O–H groups in total. The zero-order chi connectivity index (χ0) is 11.4. The van der Waals surface area contributed by atoms with Crippen molar-refractivity contribution in [3.63, 3.8) is 0 Å². The van der Waals surface area contributed by atoms with E-state index in [1.54, 1.807) is 29.2 Å². The van der Waals surface area contributed by atoms with E-state index in [2.05, 4.69) is 4.99 Å². The molecule has 1 amide bonds. The highest BCUT2D eigenvalue weighted by Crippen LogP contribution is 2.28. The summed E-state index contributed by atoms with van der Waals surface area (Å²) in [5.74, 6) is -0.125. The van der Waals surface area contributed by atoms with Crippen molar-refractivity contribution in [2.75, 3.05) is 24.7 Å². The third-order valence-corrected chi connectivity index (χ3v) is 2.32. The summed E-state index contributed by atoms with van der Waals surface area (Å²) in [7, 11) is 0. The number of benzene rings is 1. The second-order valence-electron chi connectivity index (χ2n) is 3.29. The van der Waals surface area contributed by atoms with Crippen LogP contribution in [0.4, 0.5) is 11.4 Å². The molecular weight excluding hydrogens is 208 g/mol. The Morgan fingerprint density at radius 3 is 2.94 bits per heavy atom.